The van der Waals surface area contributed by atoms with Gasteiger partial charge >= 0.3 is 0 Å². The van der Waals surface area contributed by atoms with E-state index in [0.717, 1.165) is 40.9 Å². The van der Waals surface area contributed by atoms with Crippen molar-refractivity contribution in [1.82, 2.24) is 9.38 Å². The van der Waals surface area contributed by atoms with Crippen molar-refractivity contribution < 1.29 is 0 Å². The van der Waals surface area contributed by atoms with Crippen molar-refractivity contribution in [2.24, 2.45) is 0 Å². The summed E-state index contributed by atoms with van der Waals surface area (Å²) in [5.41, 5.74) is 13.0. The summed E-state index contributed by atoms with van der Waals surface area (Å²) >= 11 is 0. The number of allylic oxidation sites excluding steroid dienone is 1. The number of pyridine rings is 1. The molecule has 9 aromatic rings. The number of anilines is 2. The minimum absolute atomic E-state index is 1.00. The van der Waals surface area contributed by atoms with Crippen molar-refractivity contribution in [2.75, 3.05) is 4.90 Å². The molecule has 3 nitrogen and oxygen atoms in total. The van der Waals surface area contributed by atoms with Crippen LogP contribution in [0.1, 0.15) is 17.5 Å². The fraction of sp³-hybridized carbons (Fsp3) is 0.0444. The number of fused-ring (bicyclic) bond motifs is 11. The second-order valence-corrected chi connectivity index (χ2v) is 12.7. The summed E-state index contributed by atoms with van der Waals surface area (Å²) < 4.78 is 2.34. The first kappa shape index (κ1) is 27.0. The lowest BCUT2D eigenvalue weighted by molar-refractivity contribution is 0.968. The van der Waals surface area contributed by atoms with Gasteiger partial charge in [0.2, 0.25) is 0 Å². The Morgan fingerprint density at radius 1 is 0.542 bits per heavy atom. The minimum atomic E-state index is 1.00. The van der Waals surface area contributed by atoms with E-state index in [0.29, 0.717) is 0 Å². The number of hydrogen-bond donors (Lipinski definition) is 0. The maximum absolute atomic E-state index is 5.14. The highest BCUT2D eigenvalue weighted by Crippen LogP contribution is 2.41. The molecule has 2 aromatic heterocycles. The summed E-state index contributed by atoms with van der Waals surface area (Å²) in [5.74, 6) is 0. The van der Waals surface area contributed by atoms with Crippen molar-refractivity contribution in [3.05, 3.63) is 175 Å². The van der Waals surface area contributed by atoms with Gasteiger partial charge in [-0.3, -0.25) is 4.40 Å². The van der Waals surface area contributed by atoms with Crippen LogP contribution in [0.15, 0.2) is 164 Å². The number of imidazole rings is 1. The van der Waals surface area contributed by atoms with Crippen molar-refractivity contribution in [3.8, 4) is 11.1 Å². The highest BCUT2D eigenvalue weighted by atomic mass is 15.1. The van der Waals surface area contributed by atoms with Gasteiger partial charge in [-0.25, -0.2) is 4.98 Å². The van der Waals surface area contributed by atoms with Crippen LogP contribution in [0.2, 0.25) is 0 Å². The first-order chi connectivity index (χ1) is 23.8. The van der Waals surface area contributed by atoms with Crippen LogP contribution in [0, 0.1) is 0 Å². The molecule has 1 aliphatic carbocycles. The third kappa shape index (κ3) is 4.11. The topological polar surface area (TPSA) is 20.5 Å². The zero-order chi connectivity index (χ0) is 31.6. The molecular formula is C45H31N3. The van der Waals surface area contributed by atoms with Gasteiger partial charge in [-0.1, -0.05) is 109 Å². The smallest absolute Gasteiger partial charge is 0.146 e. The first-order valence-corrected chi connectivity index (χ1v) is 16.7. The SMILES string of the molecule is C1=C(N(c2ccccc2)c2ccc(-c3ccc4c(c3)c3c5ccccc5ccc3c3nc5ccccc5n43)cc2)c2ccccc2CC1. The second-order valence-electron chi connectivity index (χ2n) is 12.7. The number of nitrogens with zero attached hydrogens (tertiary/aromatic N) is 3. The summed E-state index contributed by atoms with van der Waals surface area (Å²) in [6.45, 7) is 0. The van der Waals surface area contributed by atoms with E-state index >= 15 is 0 Å². The largest absolute Gasteiger partial charge is 0.310 e. The lowest BCUT2D eigenvalue weighted by atomic mass is 9.93. The van der Waals surface area contributed by atoms with E-state index in [4.69, 9.17) is 4.98 Å². The third-order valence-electron chi connectivity index (χ3n) is 10.00. The maximum Gasteiger partial charge on any atom is 0.146 e. The van der Waals surface area contributed by atoms with E-state index in [1.165, 1.54) is 60.4 Å². The first-order valence-electron chi connectivity index (χ1n) is 16.7. The Kier molecular flexibility index (Phi) is 6.00. The number of aryl methyl sites for hydroxylation is 1. The van der Waals surface area contributed by atoms with Crippen LogP contribution >= 0.6 is 0 Å². The van der Waals surface area contributed by atoms with E-state index in [1.54, 1.807) is 0 Å². The van der Waals surface area contributed by atoms with Crippen LogP contribution in [-0.2, 0) is 6.42 Å². The molecule has 0 unspecified atom stereocenters. The number of aromatic nitrogens is 2. The molecule has 0 radical (unpaired) electrons. The summed E-state index contributed by atoms with van der Waals surface area (Å²) in [5, 5.41) is 6.14. The monoisotopic (exact) mass is 613 g/mol. The Labute approximate surface area is 278 Å². The molecule has 10 rings (SSSR count). The number of rotatable bonds is 4. The zero-order valence-corrected chi connectivity index (χ0v) is 26.3. The van der Waals surface area contributed by atoms with Crippen molar-refractivity contribution in [3.63, 3.8) is 0 Å². The molecular weight excluding hydrogens is 583 g/mol. The molecule has 1 aliphatic rings. The van der Waals surface area contributed by atoms with Gasteiger partial charge in [0, 0.05) is 38.8 Å². The maximum atomic E-state index is 5.14. The molecule has 0 bridgehead atoms. The third-order valence-corrected chi connectivity index (χ3v) is 10.00. The van der Waals surface area contributed by atoms with E-state index in [-0.39, 0.29) is 0 Å². The molecule has 3 heteroatoms. The van der Waals surface area contributed by atoms with Crippen molar-refractivity contribution >= 4 is 66.2 Å². The predicted octanol–water partition coefficient (Wildman–Crippen LogP) is 11.7. The van der Waals surface area contributed by atoms with Gasteiger partial charge in [0.15, 0.2) is 0 Å². The fourth-order valence-corrected chi connectivity index (χ4v) is 7.79. The quantitative estimate of drug-likeness (QED) is 0.184. The number of hydrogen-bond acceptors (Lipinski definition) is 2. The molecule has 0 N–H and O–H groups in total. The van der Waals surface area contributed by atoms with Crippen LogP contribution < -0.4 is 4.90 Å². The highest BCUT2D eigenvalue weighted by molar-refractivity contribution is 6.24. The summed E-state index contributed by atoms with van der Waals surface area (Å²) in [7, 11) is 0. The molecule has 0 fully saturated rings. The van der Waals surface area contributed by atoms with Crippen LogP contribution in [0.5, 0.6) is 0 Å². The minimum Gasteiger partial charge on any atom is -0.310 e. The summed E-state index contributed by atoms with van der Waals surface area (Å²) in [6, 6.07) is 57.2. The average molecular weight is 614 g/mol. The summed E-state index contributed by atoms with van der Waals surface area (Å²) in [6.07, 6.45) is 4.50. The molecule has 0 amide bonds. The van der Waals surface area contributed by atoms with Crippen molar-refractivity contribution in [2.45, 2.75) is 12.8 Å². The Bertz CT molecular complexity index is 2720. The number of para-hydroxylation sites is 3. The molecule has 0 atom stereocenters. The van der Waals surface area contributed by atoms with Gasteiger partial charge in [-0.2, -0.15) is 0 Å². The predicted molar refractivity (Wildman–Crippen MR) is 202 cm³/mol. The molecule has 0 aliphatic heterocycles. The van der Waals surface area contributed by atoms with Crippen LogP contribution in [0.3, 0.4) is 0 Å². The van der Waals surface area contributed by atoms with Gasteiger partial charge in [0.05, 0.1) is 16.6 Å². The second kappa shape index (κ2) is 10.7. The Morgan fingerprint density at radius 3 is 2.21 bits per heavy atom. The van der Waals surface area contributed by atoms with Crippen LogP contribution in [-0.4, -0.2) is 9.38 Å². The van der Waals surface area contributed by atoms with E-state index in [2.05, 4.69) is 173 Å². The number of benzene rings is 7. The van der Waals surface area contributed by atoms with Gasteiger partial charge in [0.1, 0.15) is 5.65 Å². The van der Waals surface area contributed by atoms with Gasteiger partial charge in [0.25, 0.3) is 0 Å². The van der Waals surface area contributed by atoms with Crippen LogP contribution in [0.4, 0.5) is 11.4 Å². The molecule has 226 valence electrons. The van der Waals surface area contributed by atoms with Crippen molar-refractivity contribution in [1.29, 1.82) is 0 Å². The van der Waals surface area contributed by atoms with E-state index < -0.39 is 0 Å². The fourth-order valence-electron chi connectivity index (χ4n) is 7.79. The normalized spacial score (nSPS) is 13.0. The van der Waals surface area contributed by atoms with Gasteiger partial charge in [-0.15, -0.1) is 0 Å². The summed E-state index contributed by atoms with van der Waals surface area (Å²) in [4.78, 5) is 7.54. The molecule has 0 spiro atoms. The Morgan fingerprint density at radius 2 is 1.29 bits per heavy atom. The lowest BCUT2D eigenvalue weighted by Crippen LogP contribution is -2.18. The molecule has 0 saturated carbocycles. The van der Waals surface area contributed by atoms with Crippen LogP contribution in [0.25, 0.3) is 66.0 Å². The van der Waals surface area contributed by atoms with E-state index in [9.17, 15) is 0 Å². The molecule has 7 aromatic carbocycles. The molecule has 2 heterocycles. The lowest BCUT2D eigenvalue weighted by Gasteiger charge is -2.31. The standard InChI is InChI=1S/C45H31N3/c1-2-14-34(15-3-1)47(41-20-10-13-31-11-4-6-16-36(31)41)35-25-21-30(22-26-35)33-24-28-42-39(29-33)44-37-17-7-5-12-32(37)23-27-38(44)45-46-40-18-8-9-19-43(40)48(42)45/h1-9,11-12,14-29H,10,13H2. The Hall–Kier alpha value is -6.19. The molecule has 48 heavy (non-hydrogen) atoms. The zero-order valence-electron chi connectivity index (χ0n) is 26.3. The Balaban J connectivity index is 1.16. The van der Waals surface area contributed by atoms with E-state index in [1.807, 2.05) is 0 Å². The van der Waals surface area contributed by atoms with Gasteiger partial charge < -0.3 is 4.90 Å². The highest BCUT2D eigenvalue weighted by Gasteiger charge is 2.21. The molecule has 0 saturated heterocycles. The van der Waals surface area contributed by atoms with Gasteiger partial charge in [-0.05, 0) is 94.9 Å². The average Bonchev–Trinajstić information content (AvgIpc) is 3.55.